The number of ether oxygens (including phenoxy) is 1. The lowest BCUT2D eigenvalue weighted by Crippen LogP contribution is -2.45. The highest BCUT2D eigenvalue weighted by molar-refractivity contribution is 5.84. The van der Waals surface area contributed by atoms with Gasteiger partial charge in [-0.15, -0.1) is 0 Å². The predicted octanol–water partition coefficient (Wildman–Crippen LogP) is 2.80. The first-order valence-electron chi connectivity index (χ1n) is 7.13. The van der Waals surface area contributed by atoms with E-state index < -0.39 is 11.4 Å². The highest BCUT2D eigenvalue weighted by atomic mass is 16.5. The summed E-state index contributed by atoms with van der Waals surface area (Å²) in [6.45, 7) is 6.39. The van der Waals surface area contributed by atoms with Crippen molar-refractivity contribution in [3.8, 4) is 0 Å². The van der Waals surface area contributed by atoms with Crippen molar-refractivity contribution in [1.82, 2.24) is 0 Å². The Hall–Kier alpha value is -1.55. The summed E-state index contributed by atoms with van der Waals surface area (Å²) in [7, 11) is 0. The minimum atomic E-state index is -0.917. The lowest BCUT2D eigenvalue weighted by atomic mass is 9.70. The Bertz CT molecular complexity index is 527. The van der Waals surface area contributed by atoms with Crippen molar-refractivity contribution in [2.45, 2.75) is 51.6 Å². The second-order valence-electron chi connectivity index (χ2n) is 5.79. The van der Waals surface area contributed by atoms with E-state index in [9.17, 15) is 9.90 Å². The molecule has 2 atom stereocenters. The van der Waals surface area contributed by atoms with Crippen LogP contribution in [-0.4, -0.2) is 23.8 Å². The van der Waals surface area contributed by atoms with Crippen molar-refractivity contribution < 1.29 is 14.6 Å². The van der Waals surface area contributed by atoms with Crippen LogP contribution in [0.2, 0.25) is 0 Å². The zero-order valence-electron chi connectivity index (χ0n) is 12.4. The van der Waals surface area contributed by atoms with E-state index >= 15 is 0 Å². The van der Waals surface area contributed by atoms with Crippen molar-refractivity contribution in [1.29, 1.82) is 0 Å². The fourth-order valence-corrected chi connectivity index (χ4v) is 3.14. The Morgan fingerprint density at radius 2 is 2.20 bits per heavy atom. The maximum atomic E-state index is 12.0. The molecule has 1 aliphatic rings. The van der Waals surface area contributed by atoms with Crippen molar-refractivity contribution in [3.05, 3.63) is 28.8 Å². The topological polar surface area (TPSA) is 72.5 Å². The summed E-state index contributed by atoms with van der Waals surface area (Å²) in [5.41, 5.74) is 8.62. The summed E-state index contributed by atoms with van der Waals surface area (Å²) < 4.78 is 5.65. The Kier molecular flexibility index (Phi) is 4.04. The number of nitrogen functional groups attached to an aromatic ring is 1. The molecule has 0 amide bonds. The highest BCUT2D eigenvalue weighted by Crippen LogP contribution is 2.42. The molecule has 4 nitrogen and oxygen atoms in total. The normalized spacial score (nSPS) is 26.4. The number of aryl methyl sites for hydroxylation is 2. The molecule has 0 aliphatic carbocycles. The van der Waals surface area contributed by atoms with Gasteiger partial charge in [-0.3, -0.25) is 4.79 Å². The molecule has 0 aromatic heterocycles. The van der Waals surface area contributed by atoms with E-state index in [4.69, 9.17) is 10.5 Å². The first kappa shape index (κ1) is 14.9. The van der Waals surface area contributed by atoms with E-state index in [0.29, 0.717) is 25.1 Å². The number of hydrogen-bond donors (Lipinski definition) is 2. The molecule has 0 saturated carbocycles. The highest BCUT2D eigenvalue weighted by Gasteiger charge is 2.46. The van der Waals surface area contributed by atoms with Gasteiger partial charge in [0.15, 0.2) is 0 Å². The third-order valence-corrected chi connectivity index (χ3v) is 4.37. The minimum absolute atomic E-state index is 0.0138. The zero-order valence-corrected chi connectivity index (χ0v) is 12.4. The van der Waals surface area contributed by atoms with Gasteiger partial charge in [-0.05, 0) is 44.2 Å². The monoisotopic (exact) mass is 277 g/mol. The lowest BCUT2D eigenvalue weighted by Gasteiger charge is -2.39. The molecule has 0 spiro atoms. The molecule has 1 aromatic carbocycles. The van der Waals surface area contributed by atoms with Crippen LogP contribution in [0.1, 0.15) is 42.9 Å². The van der Waals surface area contributed by atoms with Crippen LogP contribution in [0.15, 0.2) is 12.1 Å². The van der Waals surface area contributed by atoms with E-state index in [0.717, 1.165) is 23.1 Å². The number of nitrogens with two attached hydrogens (primary N) is 1. The van der Waals surface area contributed by atoms with E-state index in [-0.39, 0.29) is 6.10 Å². The number of carbonyl (C=O) groups is 1. The summed E-state index contributed by atoms with van der Waals surface area (Å²) in [6.07, 6.45) is 1.78. The van der Waals surface area contributed by atoms with Gasteiger partial charge in [-0.2, -0.15) is 0 Å². The average molecular weight is 277 g/mol. The van der Waals surface area contributed by atoms with Gasteiger partial charge in [0.2, 0.25) is 0 Å². The van der Waals surface area contributed by atoms with E-state index in [1.54, 1.807) is 0 Å². The van der Waals surface area contributed by atoms with Gasteiger partial charge in [-0.1, -0.05) is 24.6 Å². The van der Waals surface area contributed by atoms with Crippen LogP contribution in [0.4, 0.5) is 5.69 Å². The van der Waals surface area contributed by atoms with E-state index in [1.807, 2.05) is 32.9 Å². The molecule has 1 aromatic rings. The number of carboxylic acid groups (broad SMARTS) is 1. The summed E-state index contributed by atoms with van der Waals surface area (Å²) in [5.74, 6) is -0.795. The smallest absolute Gasteiger partial charge is 0.314 e. The summed E-state index contributed by atoms with van der Waals surface area (Å²) in [6, 6.07) is 3.92. The molecule has 0 radical (unpaired) electrons. The molecule has 110 valence electrons. The Labute approximate surface area is 119 Å². The number of hydrogen-bond acceptors (Lipinski definition) is 3. The van der Waals surface area contributed by atoms with Crippen LogP contribution >= 0.6 is 0 Å². The molecule has 2 unspecified atom stereocenters. The average Bonchev–Trinajstić information content (AvgIpc) is 2.42. The lowest BCUT2D eigenvalue weighted by molar-refractivity contribution is -0.150. The second kappa shape index (κ2) is 5.44. The number of carboxylic acids is 1. The first-order chi connectivity index (χ1) is 9.40. The number of benzene rings is 1. The van der Waals surface area contributed by atoms with Gasteiger partial charge in [-0.25, -0.2) is 0 Å². The van der Waals surface area contributed by atoms with E-state index in [1.165, 1.54) is 0 Å². The molecule has 1 aliphatic heterocycles. The summed E-state index contributed by atoms with van der Waals surface area (Å²) >= 11 is 0. The molecule has 20 heavy (non-hydrogen) atoms. The van der Waals surface area contributed by atoms with Crippen LogP contribution in [0.3, 0.4) is 0 Å². The van der Waals surface area contributed by atoms with Gasteiger partial charge in [0.05, 0.1) is 11.5 Å². The number of rotatable bonds is 3. The first-order valence-corrected chi connectivity index (χ1v) is 7.13. The van der Waals surface area contributed by atoms with Crippen LogP contribution in [0.25, 0.3) is 0 Å². The molecule has 0 bridgehead atoms. The van der Waals surface area contributed by atoms with Crippen molar-refractivity contribution in [2.75, 3.05) is 12.3 Å². The Morgan fingerprint density at radius 1 is 1.50 bits per heavy atom. The molecule has 4 heteroatoms. The molecule has 1 fully saturated rings. The minimum Gasteiger partial charge on any atom is -0.481 e. The Balaban J connectivity index is 2.56. The Morgan fingerprint density at radius 3 is 2.80 bits per heavy atom. The maximum Gasteiger partial charge on any atom is 0.314 e. The molecular formula is C16H23NO3. The van der Waals surface area contributed by atoms with Gasteiger partial charge in [0.25, 0.3) is 0 Å². The zero-order chi connectivity index (χ0) is 14.9. The van der Waals surface area contributed by atoms with Crippen LogP contribution < -0.4 is 5.73 Å². The van der Waals surface area contributed by atoms with Gasteiger partial charge in [0.1, 0.15) is 0 Å². The maximum absolute atomic E-state index is 12.0. The summed E-state index contributed by atoms with van der Waals surface area (Å²) in [5, 5.41) is 9.85. The number of aliphatic carboxylic acids is 1. The number of anilines is 1. The van der Waals surface area contributed by atoms with Gasteiger partial charge >= 0.3 is 5.97 Å². The van der Waals surface area contributed by atoms with Crippen LogP contribution in [0, 0.1) is 13.8 Å². The van der Waals surface area contributed by atoms with Crippen molar-refractivity contribution in [2.24, 2.45) is 0 Å². The van der Waals surface area contributed by atoms with E-state index in [2.05, 4.69) is 0 Å². The third kappa shape index (κ3) is 2.40. The molecule has 3 N–H and O–H groups in total. The third-order valence-electron chi connectivity index (χ3n) is 4.37. The van der Waals surface area contributed by atoms with Crippen LogP contribution in [0.5, 0.6) is 0 Å². The second-order valence-corrected chi connectivity index (χ2v) is 5.79. The SMILES string of the molecule is CCC1CC(C(=O)O)(c2cc(C)cc(C)c2N)CCO1. The van der Waals surface area contributed by atoms with Gasteiger partial charge < -0.3 is 15.6 Å². The molecule has 1 heterocycles. The quantitative estimate of drug-likeness (QED) is 0.833. The fourth-order valence-electron chi connectivity index (χ4n) is 3.14. The molecule has 1 saturated heterocycles. The molecule has 2 rings (SSSR count). The summed E-state index contributed by atoms with van der Waals surface area (Å²) in [4.78, 5) is 12.0. The van der Waals surface area contributed by atoms with Crippen molar-refractivity contribution >= 4 is 11.7 Å². The standard InChI is InChI=1S/C16H23NO3/c1-4-12-9-16(15(18)19,5-6-20-12)13-8-10(2)7-11(3)14(13)17/h7-8,12H,4-6,9,17H2,1-3H3,(H,18,19). The molecular weight excluding hydrogens is 254 g/mol. The van der Waals surface area contributed by atoms with Crippen LogP contribution in [-0.2, 0) is 14.9 Å². The predicted molar refractivity (Wildman–Crippen MR) is 78.9 cm³/mol. The largest absolute Gasteiger partial charge is 0.481 e. The van der Waals surface area contributed by atoms with Crippen molar-refractivity contribution in [3.63, 3.8) is 0 Å². The fraction of sp³-hybridized carbons (Fsp3) is 0.562. The van der Waals surface area contributed by atoms with Gasteiger partial charge in [0, 0.05) is 12.3 Å².